The minimum atomic E-state index is -1.18. The Morgan fingerprint density at radius 3 is 2.28 bits per heavy atom. The normalized spacial score (nSPS) is 22.0. The predicted octanol–water partition coefficient (Wildman–Crippen LogP) is 1.98. The molecule has 1 amide bonds. The molecule has 0 spiro atoms. The number of aliphatic hydroxyl groups is 1. The molecule has 0 heterocycles. The number of carbonyl (C=O) groups is 1. The Bertz CT molecular complexity index is 525. The molecule has 0 aromatic heterocycles. The van der Waals surface area contributed by atoms with E-state index < -0.39 is 5.60 Å². The summed E-state index contributed by atoms with van der Waals surface area (Å²) >= 11 is 0. The lowest BCUT2D eigenvalue weighted by molar-refractivity contribution is -0.114. The molecule has 0 saturated carbocycles. The van der Waals surface area contributed by atoms with Crippen LogP contribution in [0, 0.1) is 5.41 Å². The molecule has 0 bridgehead atoms. The van der Waals surface area contributed by atoms with Gasteiger partial charge in [-0.1, -0.05) is 12.1 Å². The molecule has 0 unspecified atom stereocenters. The van der Waals surface area contributed by atoms with Crippen molar-refractivity contribution in [2.75, 3.05) is 5.32 Å². The van der Waals surface area contributed by atoms with Gasteiger partial charge in [0.15, 0.2) is 0 Å². The first-order chi connectivity index (χ1) is 8.49. The average molecular weight is 242 g/mol. The zero-order valence-corrected chi connectivity index (χ0v) is 9.97. The van der Waals surface area contributed by atoms with E-state index >= 15 is 0 Å². The van der Waals surface area contributed by atoms with Crippen LogP contribution < -0.4 is 5.32 Å². The van der Waals surface area contributed by atoms with Gasteiger partial charge in [-0.25, -0.2) is 0 Å². The Morgan fingerprint density at radius 1 is 1.22 bits per heavy atom. The Kier molecular flexibility index (Phi) is 3.12. The van der Waals surface area contributed by atoms with Gasteiger partial charge in [-0.2, -0.15) is 0 Å². The number of carbonyl (C=O) groups excluding carboxylic acids is 1. The van der Waals surface area contributed by atoms with Crippen molar-refractivity contribution >= 4 is 17.3 Å². The summed E-state index contributed by atoms with van der Waals surface area (Å²) in [6.07, 6.45) is 6.26. The molecule has 1 aliphatic rings. The molecule has 1 aliphatic carbocycles. The van der Waals surface area contributed by atoms with Gasteiger partial charge in [0.25, 0.3) is 0 Å². The largest absolute Gasteiger partial charge is 0.377 e. The Balaban J connectivity index is 2.24. The van der Waals surface area contributed by atoms with Gasteiger partial charge in [0.2, 0.25) is 5.91 Å². The lowest BCUT2D eigenvalue weighted by atomic mass is 9.89. The van der Waals surface area contributed by atoms with E-state index in [1.165, 1.54) is 6.92 Å². The van der Waals surface area contributed by atoms with Crippen LogP contribution in [0.25, 0.3) is 0 Å². The molecule has 3 N–H and O–H groups in total. The topological polar surface area (TPSA) is 73.2 Å². The smallest absolute Gasteiger partial charge is 0.221 e. The predicted molar refractivity (Wildman–Crippen MR) is 70.6 cm³/mol. The molecule has 4 heteroatoms. The van der Waals surface area contributed by atoms with Crippen molar-refractivity contribution < 1.29 is 9.90 Å². The molecule has 0 atom stereocenters. The minimum Gasteiger partial charge on any atom is -0.377 e. The van der Waals surface area contributed by atoms with E-state index in [2.05, 4.69) is 5.32 Å². The second kappa shape index (κ2) is 4.58. The Labute approximate surface area is 105 Å². The zero-order chi connectivity index (χ0) is 13.2. The summed E-state index contributed by atoms with van der Waals surface area (Å²) in [5.41, 5.74) is 0.553. The first-order valence-corrected chi connectivity index (χ1v) is 5.57. The maximum atomic E-state index is 10.9. The Hall–Kier alpha value is -2.20. The Morgan fingerprint density at radius 2 is 1.78 bits per heavy atom. The quantitative estimate of drug-likeness (QED) is 0.742. The van der Waals surface area contributed by atoms with Gasteiger partial charge < -0.3 is 15.8 Å². The molecule has 0 radical (unpaired) electrons. The number of nitrogens with one attached hydrogen (secondary N) is 2. The van der Waals surface area contributed by atoms with Gasteiger partial charge in [0.05, 0.1) is 5.71 Å². The standard InChI is InChI=1S/C14H14N2O2/c1-10(17)16-13-4-2-11(3-5-13)14(18)8-6-12(15)7-9-14/h2-9,15,18H,1H3,(H,16,17). The number of anilines is 1. The number of rotatable bonds is 2. The summed E-state index contributed by atoms with van der Waals surface area (Å²) in [7, 11) is 0. The zero-order valence-electron chi connectivity index (χ0n) is 9.97. The molecule has 4 nitrogen and oxygen atoms in total. The first kappa shape index (κ1) is 12.3. The number of amides is 1. The van der Waals surface area contributed by atoms with E-state index in [9.17, 15) is 9.90 Å². The van der Waals surface area contributed by atoms with Crippen LogP contribution in [0.2, 0.25) is 0 Å². The van der Waals surface area contributed by atoms with Crippen molar-refractivity contribution in [3.63, 3.8) is 0 Å². The molecule has 1 aromatic carbocycles. The molecule has 0 saturated heterocycles. The summed E-state index contributed by atoms with van der Waals surface area (Å²) in [6, 6.07) is 6.95. The van der Waals surface area contributed by atoms with E-state index in [4.69, 9.17) is 5.41 Å². The molecular weight excluding hydrogens is 228 g/mol. The van der Waals surface area contributed by atoms with Gasteiger partial charge in [0.1, 0.15) is 5.60 Å². The van der Waals surface area contributed by atoms with Gasteiger partial charge in [-0.15, -0.1) is 0 Å². The van der Waals surface area contributed by atoms with E-state index in [1.54, 1.807) is 48.6 Å². The fourth-order valence-corrected chi connectivity index (χ4v) is 1.76. The third-order valence-electron chi connectivity index (χ3n) is 2.70. The first-order valence-electron chi connectivity index (χ1n) is 5.57. The van der Waals surface area contributed by atoms with E-state index in [0.717, 1.165) is 0 Å². The highest BCUT2D eigenvalue weighted by molar-refractivity contribution is 6.02. The molecule has 0 aliphatic heterocycles. The van der Waals surface area contributed by atoms with Crippen molar-refractivity contribution in [3.05, 3.63) is 54.1 Å². The summed E-state index contributed by atoms with van der Waals surface area (Å²) < 4.78 is 0. The average Bonchev–Trinajstić information content (AvgIpc) is 2.33. The maximum absolute atomic E-state index is 10.9. The van der Waals surface area contributed by atoms with Crippen LogP contribution in [0.5, 0.6) is 0 Å². The van der Waals surface area contributed by atoms with Crippen LogP contribution in [0.3, 0.4) is 0 Å². The van der Waals surface area contributed by atoms with Crippen LogP contribution >= 0.6 is 0 Å². The molecular formula is C14H14N2O2. The van der Waals surface area contributed by atoms with E-state index in [0.29, 0.717) is 17.0 Å². The highest BCUT2D eigenvalue weighted by atomic mass is 16.3. The molecule has 0 fully saturated rings. The van der Waals surface area contributed by atoms with Crippen LogP contribution in [-0.4, -0.2) is 16.7 Å². The molecule has 92 valence electrons. The molecule has 1 aromatic rings. The van der Waals surface area contributed by atoms with Gasteiger partial charge >= 0.3 is 0 Å². The van der Waals surface area contributed by atoms with Crippen LogP contribution in [0.1, 0.15) is 12.5 Å². The summed E-state index contributed by atoms with van der Waals surface area (Å²) in [5, 5.41) is 20.4. The number of hydrogen-bond donors (Lipinski definition) is 3. The highest BCUT2D eigenvalue weighted by Crippen LogP contribution is 2.27. The van der Waals surface area contributed by atoms with Gasteiger partial charge in [-0.05, 0) is 42.0 Å². The lowest BCUT2D eigenvalue weighted by Gasteiger charge is -2.23. The van der Waals surface area contributed by atoms with Gasteiger partial charge in [-0.3, -0.25) is 4.79 Å². The van der Waals surface area contributed by atoms with Crippen molar-refractivity contribution in [2.45, 2.75) is 12.5 Å². The van der Waals surface area contributed by atoms with Crippen molar-refractivity contribution in [1.29, 1.82) is 5.41 Å². The second-order valence-electron chi connectivity index (χ2n) is 4.21. The van der Waals surface area contributed by atoms with Gasteiger partial charge in [0, 0.05) is 12.6 Å². The van der Waals surface area contributed by atoms with Crippen molar-refractivity contribution in [1.82, 2.24) is 0 Å². The number of benzene rings is 1. The lowest BCUT2D eigenvalue weighted by Crippen LogP contribution is -2.22. The summed E-state index contributed by atoms with van der Waals surface area (Å²) in [5.74, 6) is -0.132. The van der Waals surface area contributed by atoms with Crippen molar-refractivity contribution in [2.24, 2.45) is 0 Å². The summed E-state index contributed by atoms with van der Waals surface area (Å²) in [4.78, 5) is 10.9. The number of hydrogen-bond acceptors (Lipinski definition) is 3. The molecule has 18 heavy (non-hydrogen) atoms. The minimum absolute atomic E-state index is 0.132. The van der Waals surface area contributed by atoms with E-state index in [1.807, 2.05) is 0 Å². The highest BCUT2D eigenvalue weighted by Gasteiger charge is 2.24. The monoisotopic (exact) mass is 242 g/mol. The second-order valence-corrected chi connectivity index (χ2v) is 4.21. The fraction of sp³-hybridized carbons (Fsp3) is 0.143. The van der Waals surface area contributed by atoms with Crippen LogP contribution in [0.4, 0.5) is 5.69 Å². The third-order valence-corrected chi connectivity index (χ3v) is 2.70. The number of allylic oxidation sites excluding steroid dienone is 2. The third kappa shape index (κ3) is 2.55. The SMILES string of the molecule is CC(=O)Nc1ccc(C2(O)C=CC(=N)C=C2)cc1. The summed E-state index contributed by atoms with van der Waals surface area (Å²) in [6.45, 7) is 1.44. The van der Waals surface area contributed by atoms with E-state index in [-0.39, 0.29) is 5.91 Å². The molecule has 2 rings (SSSR count). The fourth-order valence-electron chi connectivity index (χ4n) is 1.76. The maximum Gasteiger partial charge on any atom is 0.221 e. The van der Waals surface area contributed by atoms with Crippen LogP contribution in [-0.2, 0) is 10.4 Å². The van der Waals surface area contributed by atoms with Crippen LogP contribution in [0.15, 0.2) is 48.6 Å². The van der Waals surface area contributed by atoms with Crippen molar-refractivity contribution in [3.8, 4) is 0 Å².